The second-order valence-electron chi connectivity index (χ2n) is 1.83. The quantitative estimate of drug-likeness (QED) is 0.654. The predicted molar refractivity (Wildman–Crippen MR) is 37.6 cm³/mol. The van der Waals surface area contributed by atoms with Gasteiger partial charge in [-0.3, -0.25) is 4.68 Å². The van der Waals surface area contributed by atoms with Crippen LogP contribution in [0.4, 0.5) is 0 Å². The average Bonchev–Trinajstić information content (AvgIpc) is 2.37. The van der Waals surface area contributed by atoms with Gasteiger partial charge in [0.05, 0.1) is 25.7 Å². The summed E-state index contributed by atoms with van der Waals surface area (Å²) in [7, 11) is 0. The minimum Gasteiger partial charge on any atom is -0.491 e. The number of nitrogens with two attached hydrogens (primary N) is 1. The van der Waals surface area contributed by atoms with E-state index in [1.165, 1.54) is 0 Å². The highest BCUT2D eigenvalue weighted by atomic mass is 16.5. The summed E-state index contributed by atoms with van der Waals surface area (Å²) in [5.41, 5.74) is 5.30. The molecule has 0 aliphatic heterocycles. The maximum Gasteiger partial charge on any atom is 0.157 e. The number of nitrogens with zero attached hydrogens (tertiary/aromatic N) is 2. The zero-order valence-corrected chi connectivity index (χ0v) is 5.95. The second kappa shape index (κ2) is 3.22. The molecule has 4 heteroatoms. The highest BCUT2D eigenvalue weighted by Crippen LogP contribution is 2.06. The molecule has 1 rings (SSSR count). The highest BCUT2D eigenvalue weighted by Gasteiger charge is 1.94. The standard InChI is InChI=1S/C6H11N3O/c1-2-10-6-3-8-9(4-6)5-7/h3-4H,2,5,7H2,1H3. The van der Waals surface area contributed by atoms with E-state index in [1.54, 1.807) is 17.1 Å². The third-order valence-corrected chi connectivity index (χ3v) is 1.11. The number of hydrogen-bond donors (Lipinski definition) is 1. The molecule has 4 nitrogen and oxygen atoms in total. The smallest absolute Gasteiger partial charge is 0.157 e. The van der Waals surface area contributed by atoms with Crippen LogP contribution in [-0.4, -0.2) is 16.4 Å². The van der Waals surface area contributed by atoms with Gasteiger partial charge in [-0.05, 0) is 6.92 Å². The van der Waals surface area contributed by atoms with Gasteiger partial charge in [-0.25, -0.2) is 0 Å². The fourth-order valence-corrected chi connectivity index (χ4v) is 0.686. The molecule has 0 unspecified atom stereocenters. The van der Waals surface area contributed by atoms with Crippen LogP contribution in [0.15, 0.2) is 12.4 Å². The Morgan fingerprint density at radius 2 is 2.60 bits per heavy atom. The molecule has 0 radical (unpaired) electrons. The lowest BCUT2D eigenvalue weighted by molar-refractivity contribution is 0.339. The van der Waals surface area contributed by atoms with E-state index >= 15 is 0 Å². The fourth-order valence-electron chi connectivity index (χ4n) is 0.686. The summed E-state index contributed by atoms with van der Waals surface area (Å²) in [6.45, 7) is 2.99. The Balaban J connectivity index is 2.59. The van der Waals surface area contributed by atoms with Crippen LogP contribution in [0.1, 0.15) is 6.92 Å². The van der Waals surface area contributed by atoms with E-state index < -0.39 is 0 Å². The monoisotopic (exact) mass is 141 g/mol. The zero-order valence-electron chi connectivity index (χ0n) is 5.95. The molecule has 0 bridgehead atoms. The van der Waals surface area contributed by atoms with Gasteiger partial charge >= 0.3 is 0 Å². The van der Waals surface area contributed by atoms with Gasteiger partial charge in [0.2, 0.25) is 0 Å². The number of ether oxygens (including phenoxy) is 1. The van der Waals surface area contributed by atoms with Crippen LogP contribution in [0.5, 0.6) is 5.75 Å². The summed E-state index contributed by atoms with van der Waals surface area (Å²) in [5.74, 6) is 0.771. The number of rotatable bonds is 3. The van der Waals surface area contributed by atoms with Gasteiger partial charge < -0.3 is 10.5 Å². The van der Waals surface area contributed by atoms with Crippen molar-refractivity contribution < 1.29 is 4.74 Å². The van der Waals surface area contributed by atoms with Crippen LogP contribution in [-0.2, 0) is 6.67 Å². The third kappa shape index (κ3) is 1.48. The first-order valence-corrected chi connectivity index (χ1v) is 3.22. The molecule has 1 heterocycles. The SMILES string of the molecule is CCOc1cnn(CN)c1. The Labute approximate surface area is 59.6 Å². The number of hydrogen-bond acceptors (Lipinski definition) is 3. The minimum atomic E-state index is 0.396. The van der Waals surface area contributed by atoms with E-state index in [9.17, 15) is 0 Å². The van der Waals surface area contributed by atoms with Gasteiger partial charge in [-0.15, -0.1) is 0 Å². The molecule has 56 valence electrons. The molecule has 0 spiro atoms. The highest BCUT2D eigenvalue weighted by molar-refractivity contribution is 5.11. The van der Waals surface area contributed by atoms with Crippen molar-refractivity contribution in [1.29, 1.82) is 0 Å². The van der Waals surface area contributed by atoms with Crippen LogP contribution >= 0.6 is 0 Å². The lowest BCUT2D eigenvalue weighted by Crippen LogP contribution is -2.06. The first kappa shape index (κ1) is 7.08. The van der Waals surface area contributed by atoms with E-state index in [4.69, 9.17) is 10.5 Å². The molecule has 2 N–H and O–H groups in total. The van der Waals surface area contributed by atoms with Gasteiger partial charge in [-0.2, -0.15) is 5.10 Å². The van der Waals surface area contributed by atoms with Crippen LogP contribution < -0.4 is 10.5 Å². The molecule has 0 saturated heterocycles. The van der Waals surface area contributed by atoms with Crippen molar-refractivity contribution in [2.75, 3.05) is 6.61 Å². The van der Waals surface area contributed by atoms with Crippen LogP contribution in [0.3, 0.4) is 0 Å². The maximum absolute atomic E-state index is 5.30. The molecule has 10 heavy (non-hydrogen) atoms. The summed E-state index contributed by atoms with van der Waals surface area (Å²) < 4.78 is 6.77. The molecule has 0 aliphatic carbocycles. The largest absolute Gasteiger partial charge is 0.491 e. The molecule has 0 aliphatic rings. The third-order valence-electron chi connectivity index (χ3n) is 1.11. The van der Waals surface area contributed by atoms with Crippen LogP contribution in [0.2, 0.25) is 0 Å². The number of aromatic nitrogens is 2. The van der Waals surface area contributed by atoms with Crippen molar-refractivity contribution in [2.24, 2.45) is 5.73 Å². The summed E-state index contributed by atoms with van der Waals surface area (Å²) in [4.78, 5) is 0. The summed E-state index contributed by atoms with van der Waals surface area (Å²) >= 11 is 0. The van der Waals surface area contributed by atoms with E-state index in [-0.39, 0.29) is 0 Å². The van der Waals surface area contributed by atoms with Gasteiger partial charge in [0, 0.05) is 0 Å². The van der Waals surface area contributed by atoms with Crippen LogP contribution in [0.25, 0.3) is 0 Å². The van der Waals surface area contributed by atoms with Gasteiger partial charge in [0.25, 0.3) is 0 Å². The normalized spacial score (nSPS) is 9.80. The van der Waals surface area contributed by atoms with Crippen molar-refractivity contribution >= 4 is 0 Å². The molecule has 0 atom stereocenters. The van der Waals surface area contributed by atoms with Gasteiger partial charge in [0.1, 0.15) is 0 Å². The summed E-state index contributed by atoms with van der Waals surface area (Å²) in [5, 5.41) is 3.92. The molecular formula is C6H11N3O. The fraction of sp³-hybridized carbons (Fsp3) is 0.500. The van der Waals surface area contributed by atoms with Crippen molar-refractivity contribution in [1.82, 2.24) is 9.78 Å². The van der Waals surface area contributed by atoms with Crippen molar-refractivity contribution in [3.8, 4) is 5.75 Å². The molecule has 0 saturated carbocycles. The first-order valence-electron chi connectivity index (χ1n) is 3.22. The topological polar surface area (TPSA) is 53.1 Å². The average molecular weight is 141 g/mol. The molecule has 0 amide bonds. The minimum absolute atomic E-state index is 0.396. The first-order chi connectivity index (χ1) is 4.86. The Morgan fingerprint density at radius 1 is 1.80 bits per heavy atom. The lowest BCUT2D eigenvalue weighted by Gasteiger charge is -1.94. The van der Waals surface area contributed by atoms with E-state index in [0.717, 1.165) is 5.75 Å². The van der Waals surface area contributed by atoms with Crippen molar-refractivity contribution in [3.05, 3.63) is 12.4 Å². The van der Waals surface area contributed by atoms with E-state index in [2.05, 4.69) is 5.10 Å². The Kier molecular flexibility index (Phi) is 2.28. The van der Waals surface area contributed by atoms with Gasteiger partial charge in [0.15, 0.2) is 5.75 Å². The van der Waals surface area contributed by atoms with Gasteiger partial charge in [-0.1, -0.05) is 0 Å². The zero-order chi connectivity index (χ0) is 7.40. The summed E-state index contributed by atoms with van der Waals surface area (Å²) in [6.07, 6.45) is 3.42. The molecule has 0 fully saturated rings. The van der Waals surface area contributed by atoms with Crippen molar-refractivity contribution in [3.63, 3.8) is 0 Å². The lowest BCUT2D eigenvalue weighted by atomic mass is 10.6. The predicted octanol–water partition coefficient (Wildman–Crippen LogP) is 0.198. The molecule has 0 aromatic carbocycles. The Morgan fingerprint density at radius 3 is 3.10 bits per heavy atom. The Bertz CT molecular complexity index is 197. The molecule has 1 aromatic heterocycles. The second-order valence-corrected chi connectivity index (χ2v) is 1.83. The van der Waals surface area contributed by atoms with Crippen molar-refractivity contribution in [2.45, 2.75) is 13.6 Å². The van der Waals surface area contributed by atoms with E-state index in [1.807, 2.05) is 6.92 Å². The van der Waals surface area contributed by atoms with E-state index in [0.29, 0.717) is 13.3 Å². The summed E-state index contributed by atoms with van der Waals surface area (Å²) in [6, 6.07) is 0. The Hall–Kier alpha value is -1.03. The molecule has 1 aromatic rings. The van der Waals surface area contributed by atoms with Crippen LogP contribution in [0, 0.1) is 0 Å². The molecular weight excluding hydrogens is 130 g/mol. The maximum atomic E-state index is 5.30.